The molecule has 0 spiro atoms. The molecule has 0 fully saturated rings. The van der Waals surface area contributed by atoms with E-state index in [0.29, 0.717) is 13.2 Å². The van der Waals surface area contributed by atoms with Crippen molar-refractivity contribution in [1.82, 2.24) is 5.32 Å². The average molecular weight is 373 g/mol. The lowest BCUT2D eigenvalue weighted by atomic mass is 10.1. The van der Waals surface area contributed by atoms with Gasteiger partial charge in [0.05, 0.1) is 6.04 Å². The Morgan fingerprint density at radius 2 is 1.61 bits per heavy atom. The summed E-state index contributed by atoms with van der Waals surface area (Å²) in [5, 5.41) is 3.18. The van der Waals surface area contributed by atoms with Crippen LogP contribution in [0, 0.1) is 6.92 Å². The first-order valence-electron chi connectivity index (χ1n) is 7.48. The SMILES string of the molecule is CCNC(c1ccc(OCc2ccc(C)cc2)cc1)C(Cl)(Cl)Cl. The van der Waals surface area contributed by atoms with E-state index in [0.717, 1.165) is 16.9 Å². The Morgan fingerprint density at radius 3 is 2.13 bits per heavy atom. The molecule has 2 rings (SSSR count). The molecule has 1 unspecified atom stereocenters. The molecule has 1 atom stereocenters. The van der Waals surface area contributed by atoms with E-state index in [1.54, 1.807) is 0 Å². The van der Waals surface area contributed by atoms with E-state index >= 15 is 0 Å². The fourth-order valence-electron chi connectivity index (χ4n) is 2.23. The maximum Gasteiger partial charge on any atom is 0.209 e. The molecular formula is C18H20Cl3NO. The summed E-state index contributed by atoms with van der Waals surface area (Å²) in [5.74, 6) is 0.786. The van der Waals surface area contributed by atoms with Gasteiger partial charge in [0.1, 0.15) is 12.4 Å². The standard InChI is InChI=1S/C18H20Cl3NO/c1-3-22-17(18(19,20)21)15-8-10-16(11-9-15)23-12-14-6-4-13(2)5-7-14/h4-11,17,22H,3,12H2,1-2H3. The van der Waals surface area contributed by atoms with Crippen molar-refractivity contribution in [3.8, 4) is 5.75 Å². The minimum Gasteiger partial charge on any atom is -0.489 e. The van der Waals surface area contributed by atoms with Crippen LogP contribution in [-0.2, 0) is 6.61 Å². The first kappa shape index (κ1) is 18.4. The van der Waals surface area contributed by atoms with Crippen LogP contribution in [-0.4, -0.2) is 10.3 Å². The van der Waals surface area contributed by atoms with Crippen LogP contribution in [0.5, 0.6) is 5.75 Å². The molecule has 23 heavy (non-hydrogen) atoms. The van der Waals surface area contributed by atoms with Crippen LogP contribution in [0.1, 0.15) is 29.7 Å². The number of alkyl halides is 3. The highest BCUT2D eigenvalue weighted by Gasteiger charge is 2.33. The predicted octanol–water partition coefficient (Wildman–Crippen LogP) is 5.59. The highest BCUT2D eigenvalue weighted by atomic mass is 35.6. The second-order valence-electron chi connectivity index (χ2n) is 5.38. The summed E-state index contributed by atoms with van der Waals surface area (Å²) in [7, 11) is 0. The van der Waals surface area contributed by atoms with Gasteiger partial charge in [-0.05, 0) is 36.7 Å². The summed E-state index contributed by atoms with van der Waals surface area (Å²) in [6, 6.07) is 15.5. The number of hydrogen-bond acceptors (Lipinski definition) is 2. The lowest BCUT2D eigenvalue weighted by Gasteiger charge is -2.25. The number of rotatable bonds is 6. The summed E-state index contributed by atoms with van der Waals surface area (Å²) in [6.45, 7) is 5.28. The third-order valence-electron chi connectivity index (χ3n) is 3.48. The topological polar surface area (TPSA) is 21.3 Å². The van der Waals surface area contributed by atoms with Gasteiger partial charge in [-0.2, -0.15) is 0 Å². The van der Waals surface area contributed by atoms with Gasteiger partial charge < -0.3 is 10.1 Å². The normalized spacial score (nSPS) is 12.9. The molecule has 0 saturated heterocycles. The molecule has 0 amide bonds. The molecule has 2 nitrogen and oxygen atoms in total. The minimum atomic E-state index is -1.40. The van der Waals surface area contributed by atoms with E-state index in [4.69, 9.17) is 39.5 Å². The Bertz CT molecular complexity index is 606. The Morgan fingerprint density at radius 1 is 1.00 bits per heavy atom. The van der Waals surface area contributed by atoms with Crippen molar-refractivity contribution < 1.29 is 4.74 Å². The number of aryl methyl sites for hydroxylation is 1. The predicted molar refractivity (Wildman–Crippen MR) is 98.7 cm³/mol. The Kier molecular flexibility index (Phi) is 6.60. The second-order valence-corrected chi connectivity index (χ2v) is 7.74. The molecule has 0 aliphatic carbocycles. The van der Waals surface area contributed by atoms with Gasteiger partial charge in [0.15, 0.2) is 0 Å². The monoisotopic (exact) mass is 371 g/mol. The van der Waals surface area contributed by atoms with Crippen LogP contribution in [0.25, 0.3) is 0 Å². The van der Waals surface area contributed by atoms with Gasteiger partial charge >= 0.3 is 0 Å². The van der Waals surface area contributed by atoms with Crippen LogP contribution in [0.15, 0.2) is 48.5 Å². The largest absolute Gasteiger partial charge is 0.489 e. The quantitative estimate of drug-likeness (QED) is 0.667. The third-order valence-corrected chi connectivity index (χ3v) is 4.13. The van der Waals surface area contributed by atoms with Gasteiger partial charge in [-0.25, -0.2) is 0 Å². The number of hydrogen-bond donors (Lipinski definition) is 1. The van der Waals surface area contributed by atoms with Crippen molar-refractivity contribution in [3.63, 3.8) is 0 Å². The molecule has 5 heteroatoms. The van der Waals surface area contributed by atoms with Crippen molar-refractivity contribution in [2.45, 2.75) is 30.3 Å². The smallest absolute Gasteiger partial charge is 0.209 e. The van der Waals surface area contributed by atoms with Crippen LogP contribution < -0.4 is 10.1 Å². The van der Waals surface area contributed by atoms with Crippen LogP contribution in [0.3, 0.4) is 0 Å². The van der Waals surface area contributed by atoms with E-state index in [9.17, 15) is 0 Å². The fourth-order valence-corrected chi connectivity index (χ4v) is 2.84. The summed E-state index contributed by atoms with van der Waals surface area (Å²) in [6.07, 6.45) is 0. The third kappa shape index (κ3) is 5.58. The number of ether oxygens (including phenoxy) is 1. The number of halogens is 3. The Hall–Kier alpha value is -0.930. The lowest BCUT2D eigenvalue weighted by molar-refractivity contribution is 0.306. The molecular weight excluding hydrogens is 353 g/mol. The molecule has 0 heterocycles. The van der Waals surface area contributed by atoms with Gasteiger partial charge in [-0.3, -0.25) is 0 Å². The number of nitrogens with one attached hydrogen (secondary N) is 1. The molecule has 2 aromatic carbocycles. The zero-order chi connectivity index (χ0) is 16.9. The van der Waals surface area contributed by atoms with Crippen molar-refractivity contribution in [1.29, 1.82) is 0 Å². The van der Waals surface area contributed by atoms with Gasteiger partial charge in [-0.15, -0.1) is 0 Å². The van der Waals surface area contributed by atoms with Crippen molar-refractivity contribution in [2.75, 3.05) is 6.54 Å². The van der Waals surface area contributed by atoms with E-state index in [1.807, 2.05) is 31.2 Å². The molecule has 0 saturated carbocycles. The second kappa shape index (κ2) is 8.25. The maximum absolute atomic E-state index is 6.04. The van der Waals surface area contributed by atoms with Gasteiger partial charge in [0.2, 0.25) is 3.79 Å². The molecule has 124 valence electrons. The Labute approximate surface area is 152 Å². The van der Waals surface area contributed by atoms with Crippen LogP contribution in [0.2, 0.25) is 0 Å². The molecule has 0 aliphatic rings. The molecule has 0 aliphatic heterocycles. The lowest BCUT2D eigenvalue weighted by Crippen LogP contribution is -2.31. The summed E-state index contributed by atoms with van der Waals surface area (Å²) in [5.41, 5.74) is 3.28. The zero-order valence-electron chi connectivity index (χ0n) is 13.2. The first-order valence-corrected chi connectivity index (χ1v) is 8.62. The summed E-state index contributed by atoms with van der Waals surface area (Å²) >= 11 is 18.1. The highest BCUT2D eigenvalue weighted by Crippen LogP contribution is 2.40. The first-order chi connectivity index (χ1) is 10.9. The zero-order valence-corrected chi connectivity index (χ0v) is 15.4. The molecule has 0 radical (unpaired) electrons. The summed E-state index contributed by atoms with van der Waals surface area (Å²) < 4.78 is 4.39. The molecule has 1 N–H and O–H groups in total. The van der Waals surface area contributed by atoms with Crippen molar-refractivity contribution in [2.24, 2.45) is 0 Å². The van der Waals surface area contributed by atoms with Crippen molar-refractivity contribution in [3.05, 3.63) is 65.2 Å². The van der Waals surface area contributed by atoms with E-state index in [-0.39, 0.29) is 6.04 Å². The van der Waals surface area contributed by atoms with E-state index in [2.05, 4.69) is 36.5 Å². The molecule has 0 bridgehead atoms. The number of benzene rings is 2. The van der Waals surface area contributed by atoms with E-state index in [1.165, 1.54) is 5.56 Å². The summed E-state index contributed by atoms with van der Waals surface area (Å²) in [4.78, 5) is 0. The van der Waals surface area contributed by atoms with E-state index < -0.39 is 3.79 Å². The maximum atomic E-state index is 6.04. The minimum absolute atomic E-state index is 0.358. The molecule has 0 aromatic heterocycles. The highest BCUT2D eigenvalue weighted by molar-refractivity contribution is 6.68. The van der Waals surface area contributed by atoms with Gasteiger partial charge in [0, 0.05) is 0 Å². The van der Waals surface area contributed by atoms with Crippen LogP contribution >= 0.6 is 34.8 Å². The molecule has 2 aromatic rings. The van der Waals surface area contributed by atoms with Gasteiger partial charge in [0.25, 0.3) is 0 Å². The fraction of sp³-hybridized carbons (Fsp3) is 0.333. The Balaban J connectivity index is 2.02. The van der Waals surface area contributed by atoms with Crippen LogP contribution in [0.4, 0.5) is 0 Å². The van der Waals surface area contributed by atoms with Gasteiger partial charge in [-0.1, -0.05) is 83.7 Å². The van der Waals surface area contributed by atoms with Crippen molar-refractivity contribution >= 4 is 34.8 Å². The average Bonchev–Trinajstić information content (AvgIpc) is 2.52.